The molecule has 2 aromatic rings. The van der Waals surface area contributed by atoms with Crippen molar-refractivity contribution in [3.63, 3.8) is 0 Å². The normalized spacial score (nSPS) is 14.6. The fourth-order valence-electron chi connectivity index (χ4n) is 3.31. The zero-order chi connectivity index (χ0) is 21.2. The van der Waals surface area contributed by atoms with Crippen molar-refractivity contribution >= 4 is 23.0 Å². The van der Waals surface area contributed by atoms with Gasteiger partial charge >= 0.3 is 0 Å². The first kappa shape index (κ1) is 20.5. The topological polar surface area (TPSA) is 99.0 Å². The van der Waals surface area contributed by atoms with Crippen LogP contribution in [0.3, 0.4) is 0 Å². The minimum absolute atomic E-state index is 0.0191. The van der Waals surface area contributed by atoms with Crippen LogP contribution < -0.4 is 15.3 Å². The standard InChI is InChI=1S/C19H20F2N4O4/c1-19(20,21)14-3-5-15(6-4-14)23-8-10-24(11-9-23)16-7-2-13(18(26)22-27)12-17(16)25(28)29/h2-7,12,27H,8-11H2,1H3,(H,22,26). The lowest BCUT2D eigenvalue weighted by Crippen LogP contribution is -2.46. The third-order valence-corrected chi connectivity index (χ3v) is 4.90. The number of rotatable bonds is 5. The van der Waals surface area contributed by atoms with E-state index in [1.54, 1.807) is 12.1 Å². The molecule has 0 unspecified atom stereocenters. The van der Waals surface area contributed by atoms with Gasteiger partial charge in [0.15, 0.2) is 0 Å². The summed E-state index contributed by atoms with van der Waals surface area (Å²) >= 11 is 0. The van der Waals surface area contributed by atoms with E-state index in [-0.39, 0.29) is 16.8 Å². The summed E-state index contributed by atoms with van der Waals surface area (Å²) in [6, 6.07) is 10.1. The number of alkyl halides is 2. The lowest BCUT2D eigenvalue weighted by Gasteiger charge is -2.37. The second-order valence-corrected chi connectivity index (χ2v) is 6.81. The Morgan fingerprint density at radius 3 is 2.21 bits per heavy atom. The Morgan fingerprint density at radius 2 is 1.69 bits per heavy atom. The summed E-state index contributed by atoms with van der Waals surface area (Å²) in [5.41, 5.74) is 2.34. The average molecular weight is 406 g/mol. The molecule has 1 aliphatic heterocycles. The molecule has 1 fully saturated rings. The molecule has 8 nitrogen and oxygen atoms in total. The quantitative estimate of drug-likeness (QED) is 0.450. The van der Waals surface area contributed by atoms with Crippen molar-refractivity contribution in [2.75, 3.05) is 36.0 Å². The maximum absolute atomic E-state index is 13.4. The summed E-state index contributed by atoms with van der Waals surface area (Å²) in [4.78, 5) is 26.2. The molecule has 1 aliphatic rings. The van der Waals surface area contributed by atoms with E-state index >= 15 is 0 Å². The number of carbonyl (C=O) groups is 1. The Balaban J connectivity index is 1.73. The minimum Gasteiger partial charge on any atom is -0.368 e. The lowest BCUT2D eigenvalue weighted by atomic mass is 10.1. The third kappa shape index (κ3) is 4.43. The van der Waals surface area contributed by atoms with Crippen molar-refractivity contribution in [3.05, 3.63) is 63.7 Å². The van der Waals surface area contributed by atoms with E-state index in [4.69, 9.17) is 5.21 Å². The molecule has 154 valence electrons. The van der Waals surface area contributed by atoms with Crippen molar-refractivity contribution < 1.29 is 23.7 Å². The smallest absolute Gasteiger partial charge is 0.293 e. The lowest BCUT2D eigenvalue weighted by molar-refractivity contribution is -0.384. The second-order valence-electron chi connectivity index (χ2n) is 6.81. The molecule has 2 N–H and O–H groups in total. The Morgan fingerprint density at radius 1 is 1.10 bits per heavy atom. The molecule has 1 heterocycles. The molecule has 2 aromatic carbocycles. The molecule has 1 saturated heterocycles. The fraction of sp³-hybridized carbons (Fsp3) is 0.316. The number of hydrogen-bond acceptors (Lipinski definition) is 6. The van der Waals surface area contributed by atoms with Crippen LogP contribution in [0.5, 0.6) is 0 Å². The van der Waals surface area contributed by atoms with Gasteiger partial charge in [-0.1, -0.05) is 12.1 Å². The van der Waals surface area contributed by atoms with Gasteiger partial charge in [0.1, 0.15) is 5.69 Å². The van der Waals surface area contributed by atoms with E-state index in [9.17, 15) is 23.7 Å². The molecule has 0 atom stereocenters. The molecule has 0 aromatic heterocycles. The summed E-state index contributed by atoms with van der Waals surface area (Å²) in [7, 11) is 0. The van der Waals surface area contributed by atoms with Crippen LogP contribution >= 0.6 is 0 Å². The Kier molecular flexibility index (Phi) is 5.64. The molecular weight excluding hydrogens is 386 g/mol. The zero-order valence-electron chi connectivity index (χ0n) is 15.6. The van der Waals surface area contributed by atoms with E-state index in [1.807, 2.05) is 9.80 Å². The molecule has 3 rings (SSSR count). The number of halogens is 2. The van der Waals surface area contributed by atoms with Crippen LogP contribution in [-0.2, 0) is 5.92 Å². The van der Waals surface area contributed by atoms with E-state index in [2.05, 4.69) is 0 Å². The van der Waals surface area contributed by atoms with Crippen molar-refractivity contribution in [1.29, 1.82) is 0 Å². The summed E-state index contributed by atoms with van der Waals surface area (Å²) in [6.07, 6.45) is 0. The number of nitro benzene ring substituents is 1. The first-order valence-corrected chi connectivity index (χ1v) is 8.92. The monoisotopic (exact) mass is 406 g/mol. The molecule has 1 amide bonds. The number of benzene rings is 2. The molecule has 0 radical (unpaired) electrons. The number of anilines is 2. The van der Waals surface area contributed by atoms with Gasteiger partial charge in [-0.3, -0.25) is 20.1 Å². The zero-order valence-corrected chi connectivity index (χ0v) is 15.6. The maximum atomic E-state index is 13.4. The van der Waals surface area contributed by atoms with Gasteiger partial charge in [-0.25, -0.2) is 14.3 Å². The summed E-state index contributed by atoms with van der Waals surface area (Å²) in [5.74, 6) is -3.72. The van der Waals surface area contributed by atoms with Gasteiger partial charge in [-0.05, 0) is 24.3 Å². The van der Waals surface area contributed by atoms with Crippen LogP contribution in [0.2, 0.25) is 0 Å². The van der Waals surface area contributed by atoms with Crippen molar-refractivity contribution in [2.24, 2.45) is 0 Å². The van der Waals surface area contributed by atoms with Gasteiger partial charge in [0, 0.05) is 56.0 Å². The Bertz CT molecular complexity index is 907. The number of nitrogens with zero attached hydrogens (tertiary/aromatic N) is 3. The van der Waals surface area contributed by atoms with Crippen LogP contribution in [0.4, 0.5) is 25.8 Å². The fourth-order valence-corrected chi connectivity index (χ4v) is 3.31. The van der Waals surface area contributed by atoms with Crippen molar-refractivity contribution in [1.82, 2.24) is 5.48 Å². The average Bonchev–Trinajstić information content (AvgIpc) is 2.72. The van der Waals surface area contributed by atoms with E-state index < -0.39 is 16.8 Å². The highest BCUT2D eigenvalue weighted by Crippen LogP contribution is 2.32. The molecule has 0 bridgehead atoms. The van der Waals surface area contributed by atoms with Gasteiger partial charge in [0.2, 0.25) is 0 Å². The highest BCUT2D eigenvalue weighted by atomic mass is 19.3. The summed E-state index contributed by atoms with van der Waals surface area (Å²) < 4.78 is 26.7. The third-order valence-electron chi connectivity index (χ3n) is 4.90. The van der Waals surface area contributed by atoms with Gasteiger partial charge < -0.3 is 9.80 Å². The maximum Gasteiger partial charge on any atom is 0.293 e. The number of nitro groups is 1. The van der Waals surface area contributed by atoms with Gasteiger partial charge in [0.25, 0.3) is 17.5 Å². The Labute approximate surface area is 165 Å². The highest BCUT2D eigenvalue weighted by molar-refractivity contribution is 5.95. The van der Waals surface area contributed by atoms with Gasteiger partial charge in [0.05, 0.1) is 4.92 Å². The molecular formula is C19H20F2N4O4. The summed E-state index contributed by atoms with van der Waals surface area (Å²) in [6.45, 7) is 2.93. The molecule has 0 aliphatic carbocycles. The minimum atomic E-state index is -2.89. The first-order valence-electron chi connectivity index (χ1n) is 8.92. The molecule has 10 heteroatoms. The van der Waals surface area contributed by atoms with E-state index in [0.717, 1.165) is 18.7 Å². The van der Waals surface area contributed by atoms with Crippen LogP contribution in [0, 0.1) is 10.1 Å². The van der Waals surface area contributed by atoms with Crippen molar-refractivity contribution in [3.8, 4) is 0 Å². The first-order chi connectivity index (χ1) is 13.7. The van der Waals surface area contributed by atoms with Gasteiger partial charge in [-0.2, -0.15) is 0 Å². The van der Waals surface area contributed by atoms with Crippen LogP contribution in [0.15, 0.2) is 42.5 Å². The highest BCUT2D eigenvalue weighted by Gasteiger charge is 2.27. The SMILES string of the molecule is CC(F)(F)c1ccc(N2CCN(c3ccc(C(=O)NO)cc3[N+](=O)[O-])CC2)cc1. The molecule has 0 saturated carbocycles. The van der Waals surface area contributed by atoms with Gasteiger partial charge in [-0.15, -0.1) is 0 Å². The van der Waals surface area contributed by atoms with E-state index in [1.165, 1.54) is 29.7 Å². The number of piperazine rings is 1. The number of carbonyl (C=O) groups excluding carboxylic acids is 1. The number of amides is 1. The number of nitrogens with one attached hydrogen (secondary N) is 1. The van der Waals surface area contributed by atoms with Crippen LogP contribution in [0.25, 0.3) is 0 Å². The largest absolute Gasteiger partial charge is 0.368 e. The second kappa shape index (κ2) is 8.00. The Hall–Kier alpha value is -3.27. The number of hydroxylamine groups is 1. The predicted octanol–water partition coefficient (Wildman–Crippen LogP) is 3.15. The van der Waals surface area contributed by atoms with Crippen LogP contribution in [0.1, 0.15) is 22.8 Å². The molecule has 29 heavy (non-hydrogen) atoms. The number of hydrogen-bond donors (Lipinski definition) is 2. The summed E-state index contributed by atoms with van der Waals surface area (Å²) in [5, 5.41) is 20.1. The van der Waals surface area contributed by atoms with E-state index in [0.29, 0.717) is 31.9 Å². The predicted molar refractivity (Wildman–Crippen MR) is 103 cm³/mol. The van der Waals surface area contributed by atoms with Crippen LogP contribution in [-0.4, -0.2) is 42.2 Å². The molecule has 0 spiro atoms. The van der Waals surface area contributed by atoms with Crippen molar-refractivity contribution in [2.45, 2.75) is 12.8 Å².